The number of ether oxygens (including phenoxy) is 1. The number of carbonyl (C=O) groups is 1. The summed E-state index contributed by atoms with van der Waals surface area (Å²) in [5.41, 5.74) is 1.09. The van der Waals surface area contributed by atoms with Crippen molar-refractivity contribution in [2.75, 3.05) is 12.4 Å². The van der Waals surface area contributed by atoms with E-state index in [4.69, 9.17) is 0 Å². The van der Waals surface area contributed by atoms with E-state index < -0.39 is 11.8 Å². The van der Waals surface area contributed by atoms with Gasteiger partial charge in [0.25, 0.3) is 0 Å². The van der Waals surface area contributed by atoms with Gasteiger partial charge in [0, 0.05) is 11.7 Å². The maximum Gasteiger partial charge on any atom is 0.340 e. The number of anilines is 1. The van der Waals surface area contributed by atoms with Gasteiger partial charge >= 0.3 is 5.97 Å². The van der Waals surface area contributed by atoms with Gasteiger partial charge in [-0.25, -0.2) is 9.18 Å². The van der Waals surface area contributed by atoms with Gasteiger partial charge in [0.2, 0.25) is 0 Å². The molecule has 4 heteroatoms. The van der Waals surface area contributed by atoms with Crippen LogP contribution in [0.3, 0.4) is 0 Å². The lowest BCUT2D eigenvalue weighted by Crippen LogP contribution is -2.18. The van der Waals surface area contributed by atoms with E-state index in [2.05, 4.69) is 23.9 Å². The first kappa shape index (κ1) is 13.8. The van der Waals surface area contributed by atoms with Gasteiger partial charge in [0.05, 0.1) is 12.7 Å². The summed E-state index contributed by atoms with van der Waals surface area (Å²) in [5, 5.41) is 3.37. The van der Waals surface area contributed by atoms with Crippen LogP contribution in [0, 0.1) is 11.2 Å². The van der Waals surface area contributed by atoms with Crippen LogP contribution in [0.2, 0.25) is 0 Å². The van der Waals surface area contributed by atoms with Gasteiger partial charge in [-0.15, -0.1) is 0 Å². The lowest BCUT2D eigenvalue weighted by molar-refractivity contribution is 0.0595. The molecule has 3 nitrogen and oxygen atoms in total. The number of esters is 1. The maximum atomic E-state index is 13.5. The fourth-order valence-electron chi connectivity index (χ4n) is 2.68. The molecule has 0 bridgehead atoms. The Bertz CT molecular complexity index is 485. The van der Waals surface area contributed by atoms with E-state index >= 15 is 0 Å². The molecule has 0 spiro atoms. The molecule has 1 atom stereocenters. The highest BCUT2D eigenvalue weighted by molar-refractivity contribution is 5.90. The summed E-state index contributed by atoms with van der Waals surface area (Å²) >= 11 is 0. The van der Waals surface area contributed by atoms with Crippen LogP contribution in [0.25, 0.3) is 0 Å². The summed E-state index contributed by atoms with van der Waals surface area (Å²) in [6.45, 7) is 4.50. The van der Waals surface area contributed by atoms with Crippen LogP contribution in [0.1, 0.15) is 43.5 Å². The van der Waals surface area contributed by atoms with Gasteiger partial charge in [-0.05, 0) is 42.9 Å². The largest absolute Gasteiger partial charge is 0.465 e. The topological polar surface area (TPSA) is 38.3 Å². The Hall–Kier alpha value is -1.58. The molecule has 1 aliphatic rings. The summed E-state index contributed by atoms with van der Waals surface area (Å²) in [7, 11) is 1.25. The second-order valence-electron chi connectivity index (χ2n) is 5.93. The zero-order valence-corrected chi connectivity index (χ0v) is 11.6. The molecule has 0 aliphatic heterocycles. The van der Waals surface area contributed by atoms with Crippen LogP contribution in [-0.4, -0.2) is 19.1 Å². The highest BCUT2D eigenvalue weighted by Crippen LogP contribution is 2.38. The molecule has 1 aromatic rings. The third-order valence-electron chi connectivity index (χ3n) is 3.71. The lowest BCUT2D eigenvalue weighted by Gasteiger charge is -2.19. The molecule has 1 N–H and O–H groups in total. The zero-order valence-electron chi connectivity index (χ0n) is 11.6. The van der Waals surface area contributed by atoms with E-state index in [-0.39, 0.29) is 5.56 Å². The molecule has 0 aromatic heterocycles. The van der Waals surface area contributed by atoms with Gasteiger partial charge < -0.3 is 10.1 Å². The third kappa shape index (κ3) is 3.25. The van der Waals surface area contributed by atoms with Gasteiger partial charge in [-0.2, -0.15) is 0 Å². The number of rotatable bonds is 3. The number of carbonyl (C=O) groups excluding carboxylic acids is 1. The van der Waals surface area contributed by atoms with Crippen LogP contribution in [0.5, 0.6) is 0 Å². The number of halogens is 1. The average molecular weight is 265 g/mol. The Morgan fingerprint density at radius 3 is 2.79 bits per heavy atom. The molecule has 19 heavy (non-hydrogen) atoms. The summed E-state index contributed by atoms with van der Waals surface area (Å²) in [5.74, 6) is -1.20. The summed E-state index contributed by atoms with van der Waals surface area (Å²) in [4.78, 5) is 11.4. The number of hydrogen-bond donors (Lipinski definition) is 1. The molecule has 0 radical (unpaired) electrons. The summed E-state index contributed by atoms with van der Waals surface area (Å²) in [6, 6.07) is 4.86. The fourth-order valence-corrected chi connectivity index (χ4v) is 2.68. The predicted molar refractivity (Wildman–Crippen MR) is 72.8 cm³/mol. The lowest BCUT2D eigenvalue weighted by atomic mass is 9.92. The summed E-state index contributed by atoms with van der Waals surface area (Å²) in [6.07, 6.45) is 3.35. The third-order valence-corrected chi connectivity index (χ3v) is 3.71. The Kier molecular flexibility index (Phi) is 3.78. The Morgan fingerprint density at radius 2 is 2.21 bits per heavy atom. The van der Waals surface area contributed by atoms with E-state index in [1.165, 1.54) is 25.7 Å². The van der Waals surface area contributed by atoms with Crippen molar-refractivity contribution in [3.05, 3.63) is 29.6 Å². The molecular formula is C15H20FNO2. The molecule has 1 aromatic carbocycles. The van der Waals surface area contributed by atoms with Gasteiger partial charge in [0.1, 0.15) is 5.82 Å². The maximum absolute atomic E-state index is 13.5. The predicted octanol–water partition coefficient (Wildman–Crippen LogP) is 3.60. The minimum Gasteiger partial charge on any atom is -0.465 e. The number of hydrogen-bond acceptors (Lipinski definition) is 3. The first-order valence-electron chi connectivity index (χ1n) is 6.56. The molecule has 1 aliphatic carbocycles. The van der Waals surface area contributed by atoms with Crippen molar-refractivity contribution in [1.29, 1.82) is 0 Å². The van der Waals surface area contributed by atoms with E-state index in [1.807, 2.05) is 0 Å². The molecule has 0 saturated heterocycles. The Labute approximate surface area is 113 Å². The van der Waals surface area contributed by atoms with Crippen LogP contribution >= 0.6 is 0 Å². The molecular weight excluding hydrogens is 245 g/mol. The minimum atomic E-state index is -0.645. The summed E-state index contributed by atoms with van der Waals surface area (Å²) < 4.78 is 18.1. The van der Waals surface area contributed by atoms with Crippen molar-refractivity contribution in [2.45, 2.75) is 39.2 Å². The Morgan fingerprint density at radius 1 is 1.47 bits per heavy atom. The number of nitrogens with one attached hydrogen (secondary N) is 1. The first-order valence-corrected chi connectivity index (χ1v) is 6.56. The van der Waals surface area contributed by atoms with E-state index in [9.17, 15) is 9.18 Å². The molecule has 104 valence electrons. The average Bonchev–Trinajstić information content (AvgIpc) is 2.70. The van der Waals surface area contributed by atoms with Crippen LogP contribution in [0.4, 0.5) is 10.1 Å². The molecule has 0 heterocycles. The molecule has 1 saturated carbocycles. The second kappa shape index (κ2) is 5.19. The molecule has 2 rings (SSSR count). The highest BCUT2D eigenvalue weighted by atomic mass is 19.1. The van der Waals surface area contributed by atoms with Crippen molar-refractivity contribution < 1.29 is 13.9 Å². The van der Waals surface area contributed by atoms with Gasteiger partial charge in [0.15, 0.2) is 0 Å². The Balaban J connectivity index is 2.12. The fraction of sp³-hybridized carbons (Fsp3) is 0.533. The van der Waals surface area contributed by atoms with Crippen molar-refractivity contribution >= 4 is 11.7 Å². The second-order valence-corrected chi connectivity index (χ2v) is 5.93. The number of methoxy groups -OCH3 is 1. The number of benzene rings is 1. The molecule has 1 unspecified atom stereocenters. The van der Waals surface area contributed by atoms with E-state index in [0.717, 1.165) is 18.5 Å². The monoisotopic (exact) mass is 265 g/mol. The molecule has 0 amide bonds. The minimum absolute atomic E-state index is 0.0234. The smallest absolute Gasteiger partial charge is 0.340 e. The van der Waals surface area contributed by atoms with Gasteiger partial charge in [-0.1, -0.05) is 13.8 Å². The first-order chi connectivity index (χ1) is 8.91. The van der Waals surface area contributed by atoms with Crippen molar-refractivity contribution in [2.24, 2.45) is 5.41 Å². The standard InChI is InChI=1S/C15H20FNO2/c1-15(2)7-6-11(9-15)17-10-4-5-13(16)12(8-10)14(18)19-3/h4-5,8,11,17H,6-7,9H2,1-3H3. The van der Waals surface area contributed by atoms with Crippen LogP contribution in [-0.2, 0) is 4.74 Å². The van der Waals surface area contributed by atoms with E-state index in [1.54, 1.807) is 6.07 Å². The SMILES string of the molecule is COC(=O)c1cc(NC2CCC(C)(C)C2)ccc1F. The van der Waals surface area contributed by atoms with Crippen molar-refractivity contribution in [3.63, 3.8) is 0 Å². The van der Waals surface area contributed by atoms with Crippen molar-refractivity contribution in [1.82, 2.24) is 0 Å². The van der Waals surface area contributed by atoms with Crippen LogP contribution in [0.15, 0.2) is 18.2 Å². The quantitative estimate of drug-likeness (QED) is 0.849. The van der Waals surface area contributed by atoms with E-state index in [0.29, 0.717) is 11.5 Å². The zero-order chi connectivity index (χ0) is 14.0. The molecule has 1 fully saturated rings. The van der Waals surface area contributed by atoms with Crippen molar-refractivity contribution in [3.8, 4) is 0 Å². The highest BCUT2D eigenvalue weighted by Gasteiger charge is 2.30. The normalized spacial score (nSPS) is 21.2. The van der Waals surface area contributed by atoms with Crippen LogP contribution < -0.4 is 5.32 Å². The van der Waals surface area contributed by atoms with Gasteiger partial charge in [-0.3, -0.25) is 0 Å².